The van der Waals surface area contributed by atoms with Crippen molar-refractivity contribution in [1.29, 1.82) is 0 Å². The first-order valence-corrected chi connectivity index (χ1v) is 6.15. The Labute approximate surface area is 117 Å². The van der Waals surface area contributed by atoms with Crippen molar-refractivity contribution in [2.24, 2.45) is 0 Å². The molecule has 0 aromatic heterocycles. The molecule has 0 aliphatic rings. The highest BCUT2D eigenvalue weighted by atomic mass is 16.5. The third kappa shape index (κ3) is 3.46. The number of aliphatic hydroxyl groups is 1. The molecule has 6 heteroatoms. The van der Waals surface area contributed by atoms with Crippen LogP contribution in [0.1, 0.15) is 0 Å². The minimum Gasteiger partial charge on any atom is -0.489 e. The maximum Gasteiger partial charge on any atom is 0.143 e. The van der Waals surface area contributed by atoms with E-state index in [0.29, 0.717) is 28.5 Å². The highest BCUT2D eigenvalue weighted by Gasteiger charge is 2.06. The van der Waals surface area contributed by atoms with Gasteiger partial charge in [-0.2, -0.15) is 0 Å². The second-order valence-electron chi connectivity index (χ2n) is 4.34. The van der Waals surface area contributed by atoms with Crippen LogP contribution in [0.4, 0.5) is 28.4 Å². The van der Waals surface area contributed by atoms with Crippen molar-refractivity contribution in [2.45, 2.75) is 0 Å². The van der Waals surface area contributed by atoms with E-state index in [9.17, 15) is 0 Å². The number of nitrogens with one attached hydrogen (secondary N) is 1. The quantitative estimate of drug-likeness (QED) is 0.528. The average Bonchev–Trinajstić information content (AvgIpc) is 2.36. The van der Waals surface area contributed by atoms with Crippen LogP contribution in [0.2, 0.25) is 0 Å². The Morgan fingerprint density at radius 3 is 2.30 bits per heavy atom. The van der Waals surface area contributed by atoms with Gasteiger partial charge in [-0.05, 0) is 36.4 Å². The average molecular weight is 274 g/mol. The Hall–Kier alpha value is -2.60. The van der Waals surface area contributed by atoms with Crippen LogP contribution < -0.4 is 27.3 Å². The summed E-state index contributed by atoms with van der Waals surface area (Å²) in [5.74, 6) is 0.592. The SMILES string of the molecule is Nc1cc(N)cc(Nc2cc(N)ccc2OCCO)c1. The lowest BCUT2D eigenvalue weighted by Gasteiger charge is -2.14. The summed E-state index contributed by atoms with van der Waals surface area (Å²) in [6, 6.07) is 10.4. The molecule has 0 bridgehead atoms. The molecule has 0 radical (unpaired) electrons. The van der Waals surface area contributed by atoms with Gasteiger partial charge >= 0.3 is 0 Å². The maximum absolute atomic E-state index is 8.83. The Morgan fingerprint density at radius 1 is 0.950 bits per heavy atom. The fourth-order valence-corrected chi connectivity index (χ4v) is 1.83. The zero-order chi connectivity index (χ0) is 14.5. The van der Waals surface area contributed by atoms with Crippen LogP contribution in [0, 0.1) is 0 Å². The van der Waals surface area contributed by atoms with Gasteiger partial charge in [0.2, 0.25) is 0 Å². The lowest BCUT2D eigenvalue weighted by Crippen LogP contribution is -2.04. The molecule has 0 saturated heterocycles. The molecule has 0 spiro atoms. The van der Waals surface area contributed by atoms with Gasteiger partial charge in [-0.1, -0.05) is 0 Å². The highest BCUT2D eigenvalue weighted by molar-refractivity contribution is 5.74. The Morgan fingerprint density at radius 2 is 1.65 bits per heavy atom. The van der Waals surface area contributed by atoms with Crippen molar-refractivity contribution >= 4 is 28.4 Å². The van der Waals surface area contributed by atoms with E-state index in [-0.39, 0.29) is 13.2 Å². The van der Waals surface area contributed by atoms with Gasteiger partial charge in [0.05, 0.1) is 12.3 Å². The second kappa shape index (κ2) is 6.03. The minimum atomic E-state index is -0.0605. The number of aliphatic hydroxyl groups excluding tert-OH is 1. The molecular weight excluding hydrogens is 256 g/mol. The van der Waals surface area contributed by atoms with Crippen LogP contribution in [0.25, 0.3) is 0 Å². The summed E-state index contributed by atoms with van der Waals surface area (Å²) in [6.45, 7) is 0.146. The summed E-state index contributed by atoms with van der Waals surface area (Å²) < 4.78 is 5.44. The first-order chi connectivity index (χ1) is 9.58. The summed E-state index contributed by atoms with van der Waals surface area (Å²) in [4.78, 5) is 0. The summed E-state index contributed by atoms with van der Waals surface area (Å²) in [5.41, 5.74) is 20.4. The second-order valence-corrected chi connectivity index (χ2v) is 4.34. The molecule has 2 rings (SSSR count). The van der Waals surface area contributed by atoms with E-state index in [0.717, 1.165) is 5.69 Å². The van der Waals surface area contributed by atoms with Gasteiger partial charge in [-0.3, -0.25) is 0 Å². The molecule has 20 heavy (non-hydrogen) atoms. The zero-order valence-corrected chi connectivity index (χ0v) is 11.0. The van der Waals surface area contributed by atoms with Crippen molar-refractivity contribution in [2.75, 3.05) is 35.7 Å². The van der Waals surface area contributed by atoms with Gasteiger partial charge < -0.3 is 32.4 Å². The predicted molar refractivity (Wildman–Crippen MR) is 82.0 cm³/mol. The standard InChI is InChI=1S/C14H18N4O2/c15-9-1-2-14(20-4-3-19)13(8-9)18-12-6-10(16)5-11(17)7-12/h1-2,5-8,18-19H,3-4,15-17H2. The predicted octanol–water partition coefficient (Wildman–Crippen LogP) is 1.55. The van der Waals surface area contributed by atoms with Crippen LogP contribution in [0.3, 0.4) is 0 Å². The van der Waals surface area contributed by atoms with Crippen LogP contribution in [-0.2, 0) is 0 Å². The number of anilines is 5. The number of benzene rings is 2. The fourth-order valence-electron chi connectivity index (χ4n) is 1.83. The van der Waals surface area contributed by atoms with Gasteiger partial charge in [0, 0.05) is 22.7 Å². The van der Waals surface area contributed by atoms with Crippen LogP contribution in [0.5, 0.6) is 5.75 Å². The number of rotatable bonds is 5. The summed E-state index contributed by atoms with van der Waals surface area (Å²) in [7, 11) is 0. The topological polar surface area (TPSA) is 120 Å². The number of nitrogen functional groups attached to an aromatic ring is 3. The van der Waals surface area contributed by atoms with E-state index in [2.05, 4.69) is 5.32 Å². The van der Waals surface area contributed by atoms with Crippen molar-refractivity contribution in [3.63, 3.8) is 0 Å². The molecule has 0 fully saturated rings. The smallest absolute Gasteiger partial charge is 0.143 e. The molecule has 0 heterocycles. The lowest BCUT2D eigenvalue weighted by molar-refractivity contribution is 0.202. The van der Waals surface area contributed by atoms with E-state index in [4.69, 9.17) is 27.0 Å². The third-order valence-electron chi connectivity index (χ3n) is 2.61. The zero-order valence-electron chi connectivity index (χ0n) is 11.0. The van der Waals surface area contributed by atoms with Gasteiger partial charge in [0.1, 0.15) is 12.4 Å². The normalized spacial score (nSPS) is 10.2. The molecule has 0 atom stereocenters. The van der Waals surface area contributed by atoms with Crippen molar-refractivity contribution in [3.8, 4) is 5.75 Å². The van der Waals surface area contributed by atoms with Crippen molar-refractivity contribution in [3.05, 3.63) is 36.4 Å². The Balaban J connectivity index is 2.28. The van der Waals surface area contributed by atoms with Crippen molar-refractivity contribution in [1.82, 2.24) is 0 Å². The van der Waals surface area contributed by atoms with Crippen LogP contribution in [-0.4, -0.2) is 18.3 Å². The number of ether oxygens (including phenoxy) is 1. The van der Waals surface area contributed by atoms with Gasteiger partial charge in [0.15, 0.2) is 0 Å². The van der Waals surface area contributed by atoms with Crippen molar-refractivity contribution < 1.29 is 9.84 Å². The molecular formula is C14H18N4O2. The highest BCUT2D eigenvalue weighted by Crippen LogP contribution is 2.31. The first-order valence-electron chi connectivity index (χ1n) is 6.15. The third-order valence-corrected chi connectivity index (χ3v) is 2.61. The number of hydrogen-bond donors (Lipinski definition) is 5. The molecule has 0 unspecified atom stereocenters. The molecule has 0 aliphatic heterocycles. The molecule has 0 amide bonds. The minimum absolute atomic E-state index is 0.0605. The summed E-state index contributed by atoms with van der Waals surface area (Å²) in [5, 5.41) is 12.0. The van der Waals surface area contributed by atoms with Crippen LogP contribution in [0.15, 0.2) is 36.4 Å². The fraction of sp³-hybridized carbons (Fsp3) is 0.143. The first kappa shape index (κ1) is 13.8. The number of nitrogens with two attached hydrogens (primary N) is 3. The number of hydrogen-bond acceptors (Lipinski definition) is 6. The Bertz CT molecular complexity index is 581. The molecule has 8 N–H and O–H groups in total. The largest absolute Gasteiger partial charge is 0.489 e. The summed E-state index contributed by atoms with van der Waals surface area (Å²) in [6.07, 6.45) is 0. The lowest BCUT2D eigenvalue weighted by atomic mass is 10.2. The molecule has 6 nitrogen and oxygen atoms in total. The Kier molecular flexibility index (Phi) is 4.17. The van der Waals surface area contributed by atoms with Crippen LogP contribution >= 0.6 is 0 Å². The maximum atomic E-state index is 8.83. The van der Waals surface area contributed by atoms with Gasteiger partial charge in [-0.15, -0.1) is 0 Å². The van der Waals surface area contributed by atoms with E-state index in [1.54, 1.807) is 36.4 Å². The van der Waals surface area contributed by atoms with Gasteiger partial charge in [-0.25, -0.2) is 0 Å². The summed E-state index contributed by atoms with van der Waals surface area (Å²) >= 11 is 0. The molecule has 2 aromatic carbocycles. The molecule has 0 aliphatic carbocycles. The van der Waals surface area contributed by atoms with E-state index < -0.39 is 0 Å². The van der Waals surface area contributed by atoms with E-state index in [1.165, 1.54) is 0 Å². The van der Waals surface area contributed by atoms with E-state index >= 15 is 0 Å². The molecule has 0 saturated carbocycles. The molecule has 2 aromatic rings. The monoisotopic (exact) mass is 274 g/mol. The van der Waals surface area contributed by atoms with E-state index in [1.807, 2.05) is 0 Å². The molecule has 106 valence electrons. The van der Waals surface area contributed by atoms with Gasteiger partial charge in [0.25, 0.3) is 0 Å².